The summed E-state index contributed by atoms with van der Waals surface area (Å²) in [5.74, 6) is 0. The molecule has 2 heterocycles. The Morgan fingerprint density at radius 1 is 1.62 bits per heavy atom. The Hall–Kier alpha value is -0.740. The first-order valence-corrected chi connectivity index (χ1v) is 5.20. The van der Waals surface area contributed by atoms with E-state index in [0.29, 0.717) is 6.04 Å². The molecule has 0 fully saturated rings. The summed E-state index contributed by atoms with van der Waals surface area (Å²) in [6, 6.07) is 0.483. The maximum Gasteiger partial charge on any atom is 0.0911 e. The lowest BCUT2D eigenvalue weighted by Gasteiger charge is -2.29. The van der Waals surface area contributed by atoms with Crippen molar-refractivity contribution >= 4 is 17.2 Å². The smallest absolute Gasteiger partial charge is 0.0911 e. The predicted octanol–water partition coefficient (Wildman–Crippen LogP) is 1.94. The molecule has 1 aliphatic heterocycles. The molecule has 0 saturated carbocycles. The summed E-state index contributed by atoms with van der Waals surface area (Å²) in [6.07, 6.45) is 3.00. The molecular formula is C9H13N3S. The molecule has 1 aliphatic rings. The summed E-state index contributed by atoms with van der Waals surface area (Å²) < 4.78 is 4.13. The number of hydrogen-bond acceptors (Lipinski definition) is 4. The summed E-state index contributed by atoms with van der Waals surface area (Å²) >= 11 is 1.52. The molecule has 3 nitrogen and oxygen atoms in total. The normalized spacial score (nSPS) is 24.5. The van der Waals surface area contributed by atoms with Crippen LogP contribution in [0.5, 0.6) is 0 Å². The van der Waals surface area contributed by atoms with E-state index in [1.807, 2.05) is 6.20 Å². The fourth-order valence-electron chi connectivity index (χ4n) is 1.58. The second-order valence-corrected chi connectivity index (χ2v) is 4.13. The summed E-state index contributed by atoms with van der Waals surface area (Å²) in [6.45, 7) is 2.91. The average Bonchev–Trinajstić information content (AvgIpc) is 2.61. The minimum Gasteiger partial charge on any atom is -0.280 e. The highest BCUT2D eigenvalue weighted by molar-refractivity contribution is 7.03. The van der Waals surface area contributed by atoms with Gasteiger partial charge in [0, 0.05) is 35.3 Å². The molecule has 4 heteroatoms. The van der Waals surface area contributed by atoms with Crippen molar-refractivity contribution in [2.75, 3.05) is 13.7 Å². The maximum absolute atomic E-state index is 4.40. The van der Waals surface area contributed by atoms with Gasteiger partial charge in [-0.05, 0) is 25.5 Å². The van der Waals surface area contributed by atoms with Gasteiger partial charge in [-0.1, -0.05) is 0 Å². The lowest BCUT2D eigenvalue weighted by atomic mass is 10.0. The van der Waals surface area contributed by atoms with Gasteiger partial charge in [-0.3, -0.25) is 9.89 Å². The van der Waals surface area contributed by atoms with E-state index in [1.54, 1.807) is 0 Å². The van der Waals surface area contributed by atoms with Crippen LogP contribution in [-0.2, 0) is 0 Å². The van der Waals surface area contributed by atoms with Crippen LogP contribution in [0.15, 0.2) is 16.6 Å². The molecule has 0 aliphatic carbocycles. The Balaban J connectivity index is 2.20. The zero-order valence-electron chi connectivity index (χ0n) is 7.90. The van der Waals surface area contributed by atoms with Crippen molar-refractivity contribution in [1.29, 1.82) is 0 Å². The molecule has 0 aromatic carbocycles. The Morgan fingerprint density at radius 2 is 2.46 bits per heavy atom. The molecule has 0 radical (unpaired) electrons. The zero-order valence-corrected chi connectivity index (χ0v) is 8.71. The molecule has 70 valence electrons. The Kier molecular flexibility index (Phi) is 2.42. The van der Waals surface area contributed by atoms with Crippen LogP contribution in [0, 0.1) is 0 Å². The molecule has 0 amide bonds. The Morgan fingerprint density at radius 3 is 3.15 bits per heavy atom. The van der Waals surface area contributed by atoms with E-state index in [1.165, 1.54) is 22.8 Å². The lowest BCUT2D eigenvalue weighted by Crippen LogP contribution is -2.30. The third kappa shape index (κ3) is 1.78. The molecule has 13 heavy (non-hydrogen) atoms. The number of aliphatic imine (C=N–C) groups is 1. The number of aromatic nitrogens is 1. The highest BCUT2D eigenvalue weighted by atomic mass is 32.1. The summed E-state index contributed by atoms with van der Waals surface area (Å²) in [7, 11) is 2.11. The molecule has 1 unspecified atom stereocenters. The third-order valence-electron chi connectivity index (χ3n) is 2.42. The molecule has 1 aromatic rings. The molecule has 0 spiro atoms. The van der Waals surface area contributed by atoms with Crippen LogP contribution in [0.3, 0.4) is 0 Å². The van der Waals surface area contributed by atoms with Crippen LogP contribution in [0.4, 0.5) is 0 Å². The Bertz CT molecular complexity index is 305. The summed E-state index contributed by atoms with van der Waals surface area (Å²) in [4.78, 5) is 6.66. The maximum atomic E-state index is 4.40. The third-order valence-corrected chi connectivity index (χ3v) is 3.03. The first-order chi connectivity index (χ1) is 6.27. The van der Waals surface area contributed by atoms with Crippen molar-refractivity contribution in [1.82, 2.24) is 9.27 Å². The van der Waals surface area contributed by atoms with Crippen molar-refractivity contribution in [2.45, 2.75) is 19.4 Å². The van der Waals surface area contributed by atoms with E-state index in [0.717, 1.165) is 13.1 Å². The molecule has 1 aromatic heterocycles. The van der Waals surface area contributed by atoms with Gasteiger partial charge in [-0.15, -0.1) is 0 Å². The van der Waals surface area contributed by atoms with Crippen molar-refractivity contribution in [3.63, 3.8) is 0 Å². The first-order valence-electron chi connectivity index (χ1n) is 4.37. The van der Waals surface area contributed by atoms with Crippen LogP contribution < -0.4 is 0 Å². The molecule has 1 atom stereocenters. The fraction of sp³-hybridized carbons (Fsp3) is 0.556. The van der Waals surface area contributed by atoms with Crippen molar-refractivity contribution < 1.29 is 0 Å². The fourth-order valence-corrected chi connectivity index (χ4v) is 2.16. The second kappa shape index (κ2) is 3.55. The molecule has 0 N–H and O–H groups in total. The van der Waals surface area contributed by atoms with Gasteiger partial charge in [0.2, 0.25) is 0 Å². The van der Waals surface area contributed by atoms with E-state index >= 15 is 0 Å². The minimum absolute atomic E-state index is 0.483. The van der Waals surface area contributed by atoms with Gasteiger partial charge in [0.15, 0.2) is 0 Å². The van der Waals surface area contributed by atoms with E-state index < -0.39 is 0 Å². The number of hydrogen-bond donors (Lipinski definition) is 0. The van der Waals surface area contributed by atoms with Gasteiger partial charge >= 0.3 is 0 Å². The topological polar surface area (TPSA) is 28.5 Å². The van der Waals surface area contributed by atoms with Gasteiger partial charge in [0.25, 0.3) is 0 Å². The van der Waals surface area contributed by atoms with Crippen LogP contribution >= 0.6 is 11.5 Å². The molecule has 0 bridgehead atoms. The number of nitrogens with zero attached hydrogens (tertiary/aromatic N) is 3. The van der Waals surface area contributed by atoms with E-state index in [4.69, 9.17) is 0 Å². The van der Waals surface area contributed by atoms with E-state index in [9.17, 15) is 0 Å². The van der Waals surface area contributed by atoms with E-state index in [2.05, 4.69) is 33.6 Å². The van der Waals surface area contributed by atoms with Crippen molar-refractivity contribution in [3.8, 4) is 0 Å². The van der Waals surface area contributed by atoms with Crippen molar-refractivity contribution in [2.24, 2.45) is 4.99 Å². The largest absolute Gasteiger partial charge is 0.280 e. The van der Waals surface area contributed by atoms with Crippen LogP contribution in [-0.4, -0.2) is 28.7 Å². The molecular weight excluding hydrogens is 182 g/mol. The molecule has 0 saturated heterocycles. The van der Waals surface area contributed by atoms with Gasteiger partial charge < -0.3 is 0 Å². The standard InChI is InChI=1S/C9H13N3S/c1-7-3-9(12(2)6-10-7)8-4-11-13-5-8/h4-5,9H,3,6H2,1-2H3. The number of rotatable bonds is 1. The second-order valence-electron chi connectivity index (χ2n) is 3.47. The zero-order chi connectivity index (χ0) is 9.26. The minimum atomic E-state index is 0.483. The van der Waals surface area contributed by atoms with Crippen LogP contribution in [0.25, 0.3) is 0 Å². The predicted molar refractivity (Wildman–Crippen MR) is 55.2 cm³/mol. The summed E-state index contributed by atoms with van der Waals surface area (Å²) in [5, 5.41) is 2.12. The first kappa shape index (κ1) is 8.84. The van der Waals surface area contributed by atoms with Gasteiger partial charge in [-0.25, -0.2) is 4.37 Å². The van der Waals surface area contributed by atoms with Crippen LogP contribution in [0.2, 0.25) is 0 Å². The van der Waals surface area contributed by atoms with Crippen LogP contribution in [0.1, 0.15) is 24.9 Å². The van der Waals surface area contributed by atoms with Gasteiger partial charge in [0.1, 0.15) is 0 Å². The highest BCUT2D eigenvalue weighted by Gasteiger charge is 2.21. The average molecular weight is 195 g/mol. The monoisotopic (exact) mass is 195 g/mol. The summed E-state index contributed by atoms with van der Waals surface area (Å²) in [5.41, 5.74) is 2.57. The lowest BCUT2D eigenvalue weighted by molar-refractivity contribution is 0.246. The van der Waals surface area contributed by atoms with E-state index in [-0.39, 0.29) is 0 Å². The van der Waals surface area contributed by atoms with Gasteiger partial charge in [0.05, 0.1) is 6.67 Å². The van der Waals surface area contributed by atoms with Crippen molar-refractivity contribution in [3.05, 3.63) is 17.1 Å². The van der Waals surface area contributed by atoms with Gasteiger partial charge in [-0.2, -0.15) is 0 Å². The highest BCUT2D eigenvalue weighted by Crippen LogP contribution is 2.26. The molecule has 2 rings (SSSR count). The Labute approximate surface area is 82.3 Å². The quantitative estimate of drug-likeness (QED) is 0.685. The SMILES string of the molecule is CC1=NCN(C)C(c2cnsc2)C1.